The van der Waals surface area contributed by atoms with Crippen LogP contribution in [-0.4, -0.2) is 19.2 Å². The SMILES string of the molecule is COC(=O)C1CCC(c2ccccc2C(F)(F)F)O1. The van der Waals surface area contributed by atoms with E-state index in [9.17, 15) is 18.0 Å². The van der Waals surface area contributed by atoms with Crippen LogP contribution in [0.15, 0.2) is 24.3 Å². The molecule has 0 saturated carbocycles. The van der Waals surface area contributed by atoms with Crippen molar-refractivity contribution in [1.29, 1.82) is 0 Å². The number of benzene rings is 1. The largest absolute Gasteiger partial charge is 0.467 e. The van der Waals surface area contributed by atoms with Gasteiger partial charge < -0.3 is 9.47 Å². The zero-order valence-electron chi connectivity index (χ0n) is 10.2. The van der Waals surface area contributed by atoms with Crippen LogP contribution in [-0.2, 0) is 20.4 Å². The van der Waals surface area contributed by atoms with Crippen molar-refractivity contribution < 1.29 is 27.4 Å². The smallest absolute Gasteiger partial charge is 0.416 e. The lowest BCUT2D eigenvalue weighted by Crippen LogP contribution is -2.21. The number of rotatable bonds is 2. The molecule has 0 amide bonds. The lowest BCUT2D eigenvalue weighted by atomic mass is 10.00. The van der Waals surface area contributed by atoms with E-state index in [2.05, 4.69) is 4.74 Å². The van der Waals surface area contributed by atoms with Gasteiger partial charge in [-0.1, -0.05) is 18.2 Å². The van der Waals surface area contributed by atoms with Crippen LogP contribution >= 0.6 is 0 Å². The first-order valence-corrected chi connectivity index (χ1v) is 5.83. The number of methoxy groups -OCH3 is 1. The first-order chi connectivity index (χ1) is 8.93. The molecule has 2 atom stereocenters. The molecule has 1 aliphatic heterocycles. The van der Waals surface area contributed by atoms with Gasteiger partial charge in [0.1, 0.15) is 0 Å². The maximum Gasteiger partial charge on any atom is 0.416 e. The van der Waals surface area contributed by atoms with E-state index in [1.807, 2.05) is 0 Å². The molecule has 0 bridgehead atoms. The second-order valence-corrected chi connectivity index (χ2v) is 4.30. The summed E-state index contributed by atoms with van der Waals surface area (Å²) in [7, 11) is 1.22. The highest BCUT2D eigenvalue weighted by molar-refractivity contribution is 5.74. The molecule has 1 aliphatic rings. The lowest BCUT2D eigenvalue weighted by molar-refractivity contribution is -0.153. The molecule has 0 aliphatic carbocycles. The lowest BCUT2D eigenvalue weighted by Gasteiger charge is -2.18. The van der Waals surface area contributed by atoms with Crippen molar-refractivity contribution in [3.63, 3.8) is 0 Å². The standard InChI is InChI=1S/C13H13F3O3/c1-18-12(17)11-7-6-10(19-11)8-4-2-3-5-9(8)13(14,15)16/h2-5,10-11H,6-7H2,1H3. The first kappa shape index (κ1) is 13.9. The minimum atomic E-state index is -4.43. The first-order valence-electron chi connectivity index (χ1n) is 5.83. The second kappa shape index (κ2) is 5.21. The van der Waals surface area contributed by atoms with E-state index >= 15 is 0 Å². The summed E-state index contributed by atoms with van der Waals surface area (Å²) in [6.45, 7) is 0. The molecule has 1 aromatic rings. The quantitative estimate of drug-likeness (QED) is 0.777. The molecule has 0 N–H and O–H groups in total. The van der Waals surface area contributed by atoms with Crippen LogP contribution in [0.1, 0.15) is 30.1 Å². The fourth-order valence-corrected chi connectivity index (χ4v) is 2.21. The number of ether oxygens (including phenoxy) is 2. The molecule has 0 spiro atoms. The Kier molecular flexibility index (Phi) is 3.80. The minimum Gasteiger partial charge on any atom is -0.467 e. The van der Waals surface area contributed by atoms with Crippen molar-refractivity contribution >= 4 is 5.97 Å². The van der Waals surface area contributed by atoms with E-state index in [4.69, 9.17) is 4.74 Å². The Labute approximate surface area is 108 Å². The number of alkyl halides is 3. The summed E-state index contributed by atoms with van der Waals surface area (Å²) in [5, 5.41) is 0. The molecule has 1 saturated heterocycles. The molecule has 0 aromatic heterocycles. The van der Waals surface area contributed by atoms with Gasteiger partial charge in [0.15, 0.2) is 6.10 Å². The van der Waals surface area contributed by atoms with Gasteiger partial charge in [-0.3, -0.25) is 0 Å². The fraction of sp³-hybridized carbons (Fsp3) is 0.462. The Morgan fingerprint density at radius 1 is 1.32 bits per heavy atom. The molecule has 0 radical (unpaired) electrons. The Hall–Kier alpha value is -1.56. The van der Waals surface area contributed by atoms with Crippen LogP contribution in [0.25, 0.3) is 0 Å². The van der Waals surface area contributed by atoms with Crippen molar-refractivity contribution in [2.45, 2.75) is 31.2 Å². The summed E-state index contributed by atoms with van der Waals surface area (Å²) in [4.78, 5) is 11.3. The maximum absolute atomic E-state index is 12.9. The monoisotopic (exact) mass is 274 g/mol. The molecule has 2 unspecified atom stereocenters. The van der Waals surface area contributed by atoms with Crippen molar-refractivity contribution in [3.8, 4) is 0 Å². The molecular formula is C13H13F3O3. The molecule has 1 aromatic carbocycles. The van der Waals surface area contributed by atoms with Gasteiger partial charge >= 0.3 is 12.1 Å². The van der Waals surface area contributed by atoms with Crippen molar-refractivity contribution in [3.05, 3.63) is 35.4 Å². The third-order valence-electron chi connectivity index (χ3n) is 3.10. The van der Waals surface area contributed by atoms with Crippen LogP contribution in [0.4, 0.5) is 13.2 Å². The molecule has 3 nitrogen and oxygen atoms in total. The summed E-state index contributed by atoms with van der Waals surface area (Å²) in [6, 6.07) is 5.26. The fourth-order valence-electron chi connectivity index (χ4n) is 2.21. The van der Waals surface area contributed by atoms with E-state index in [0.29, 0.717) is 12.8 Å². The molecular weight excluding hydrogens is 261 g/mol. The maximum atomic E-state index is 12.9. The highest BCUT2D eigenvalue weighted by Crippen LogP contribution is 2.40. The zero-order valence-corrected chi connectivity index (χ0v) is 10.2. The zero-order chi connectivity index (χ0) is 14.0. The molecule has 1 heterocycles. The van der Waals surface area contributed by atoms with Crippen LogP contribution in [0.5, 0.6) is 0 Å². The van der Waals surface area contributed by atoms with Crippen molar-refractivity contribution in [2.24, 2.45) is 0 Å². The summed E-state index contributed by atoms with van der Waals surface area (Å²) in [5.74, 6) is -0.549. The minimum absolute atomic E-state index is 0.0707. The third kappa shape index (κ3) is 2.89. The normalized spacial score (nSPS) is 23.4. The van der Waals surface area contributed by atoms with Gasteiger partial charge in [0.2, 0.25) is 0 Å². The Bertz CT molecular complexity index is 470. The van der Waals surface area contributed by atoms with Gasteiger partial charge in [0.25, 0.3) is 0 Å². The van der Waals surface area contributed by atoms with Crippen molar-refractivity contribution in [1.82, 2.24) is 0 Å². The van der Waals surface area contributed by atoms with E-state index in [1.165, 1.54) is 25.3 Å². The van der Waals surface area contributed by atoms with Crippen LogP contribution < -0.4 is 0 Å². The predicted octanol–water partition coefficient (Wildman–Crippen LogP) is 3.10. The van der Waals surface area contributed by atoms with Crippen LogP contribution in [0.2, 0.25) is 0 Å². The van der Waals surface area contributed by atoms with E-state index < -0.39 is 29.9 Å². The van der Waals surface area contributed by atoms with E-state index in [0.717, 1.165) is 6.07 Å². The highest BCUT2D eigenvalue weighted by Gasteiger charge is 2.39. The summed E-state index contributed by atoms with van der Waals surface area (Å²) < 4.78 is 48.5. The summed E-state index contributed by atoms with van der Waals surface area (Å²) >= 11 is 0. The van der Waals surface area contributed by atoms with Crippen LogP contribution in [0.3, 0.4) is 0 Å². The molecule has 19 heavy (non-hydrogen) atoms. The summed E-state index contributed by atoms with van der Waals surface area (Å²) in [5.41, 5.74) is -0.646. The van der Waals surface area contributed by atoms with Gasteiger partial charge in [-0.15, -0.1) is 0 Å². The molecule has 1 fully saturated rings. The summed E-state index contributed by atoms with van der Waals surface area (Å²) in [6.07, 6.45) is -5.20. The van der Waals surface area contributed by atoms with Gasteiger partial charge in [-0.25, -0.2) is 4.79 Å². The second-order valence-electron chi connectivity index (χ2n) is 4.30. The Morgan fingerprint density at radius 2 is 2.00 bits per heavy atom. The number of carbonyl (C=O) groups is 1. The number of carbonyl (C=O) groups excluding carboxylic acids is 1. The average Bonchev–Trinajstić information content (AvgIpc) is 2.86. The van der Waals surface area contributed by atoms with E-state index in [1.54, 1.807) is 0 Å². The highest BCUT2D eigenvalue weighted by atomic mass is 19.4. The Balaban J connectivity index is 2.23. The number of esters is 1. The van der Waals surface area contributed by atoms with Crippen molar-refractivity contribution in [2.75, 3.05) is 7.11 Å². The molecule has 104 valence electrons. The predicted molar refractivity (Wildman–Crippen MR) is 60.3 cm³/mol. The molecule has 2 rings (SSSR count). The third-order valence-corrected chi connectivity index (χ3v) is 3.10. The van der Waals surface area contributed by atoms with Crippen LogP contribution in [0, 0.1) is 0 Å². The molecule has 6 heteroatoms. The average molecular weight is 274 g/mol. The van der Waals surface area contributed by atoms with Gasteiger partial charge in [0.05, 0.1) is 18.8 Å². The van der Waals surface area contributed by atoms with Gasteiger partial charge in [-0.05, 0) is 24.5 Å². The Morgan fingerprint density at radius 3 is 2.63 bits per heavy atom. The topological polar surface area (TPSA) is 35.5 Å². The van der Waals surface area contributed by atoms with Gasteiger partial charge in [-0.2, -0.15) is 13.2 Å². The van der Waals surface area contributed by atoms with E-state index in [-0.39, 0.29) is 5.56 Å². The number of halogens is 3. The number of hydrogen-bond acceptors (Lipinski definition) is 3. The van der Waals surface area contributed by atoms with Gasteiger partial charge in [0, 0.05) is 0 Å². The number of hydrogen-bond donors (Lipinski definition) is 0.